The smallest absolute Gasteiger partial charge is 0.150 e. The number of nitrogens with one attached hydrogen (secondary N) is 1. The van der Waals surface area contributed by atoms with Gasteiger partial charge in [0, 0.05) is 18.3 Å². The molecule has 1 aromatic heterocycles. The Kier molecular flexibility index (Phi) is 3.50. The third-order valence-corrected chi connectivity index (χ3v) is 2.51. The molecule has 86 valence electrons. The predicted octanol–water partition coefficient (Wildman–Crippen LogP) is 2.81. The number of pyridine rings is 1. The molecule has 2 aromatic rings. The first-order chi connectivity index (χ1) is 8.28. The van der Waals surface area contributed by atoms with E-state index in [0.717, 1.165) is 12.1 Å². The fraction of sp³-hybridized carbons (Fsp3) is 0.143. The van der Waals surface area contributed by atoms with Crippen LogP contribution in [-0.2, 0) is 6.54 Å². The summed E-state index contributed by atoms with van der Waals surface area (Å²) in [7, 11) is 0. The lowest BCUT2D eigenvalue weighted by molar-refractivity contribution is 0.112. The fourth-order valence-electron chi connectivity index (χ4n) is 1.52. The number of aryl methyl sites for hydroxylation is 1. The molecular weight excluding hydrogens is 212 g/mol. The summed E-state index contributed by atoms with van der Waals surface area (Å²) in [5.74, 6) is 0.718. The van der Waals surface area contributed by atoms with Crippen LogP contribution in [0.5, 0.6) is 0 Å². The normalized spacial score (nSPS) is 9.94. The zero-order valence-electron chi connectivity index (χ0n) is 9.68. The van der Waals surface area contributed by atoms with Crippen LogP contribution in [0.15, 0.2) is 42.6 Å². The molecular formula is C14H14N2O. The number of benzene rings is 1. The fourth-order valence-corrected chi connectivity index (χ4v) is 1.52. The van der Waals surface area contributed by atoms with Crippen LogP contribution in [-0.4, -0.2) is 11.3 Å². The number of hydrogen-bond acceptors (Lipinski definition) is 3. The Morgan fingerprint density at radius 3 is 2.71 bits per heavy atom. The minimum absolute atomic E-state index is 0.631. The molecule has 3 heteroatoms. The van der Waals surface area contributed by atoms with Crippen LogP contribution in [0.25, 0.3) is 0 Å². The van der Waals surface area contributed by atoms with Crippen LogP contribution in [0, 0.1) is 6.92 Å². The molecule has 0 fully saturated rings. The highest BCUT2D eigenvalue weighted by Crippen LogP contribution is 2.08. The van der Waals surface area contributed by atoms with Gasteiger partial charge >= 0.3 is 0 Å². The molecule has 17 heavy (non-hydrogen) atoms. The third kappa shape index (κ3) is 3.14. The van der Waals surface area contributed by atoms with E-state index in [9.17, 15) is 4.79 Å². The van der Waals surface area contributed by atoms with Crippen LogP contribution >= 0.6 is 0 Å². The van der Waals surface area contributed by atoms with Crippen molar-refractivity contribution in [3.05, 3.63) is 59.3 Å². The van der Waals surface area contributed by atoms with Gasteiger partial charge in [0.25, 0.3) is 0 Å². The molecule has 2 rings (SSSR count). The maximum atomic E-state index is 10.6. The first-order valence-corrected chi connectivity index (χ1v) is 5.48. The van der Waals surface area contributed by atoms with Crippen molar-refractivity contribution >= 4 is 12.1 Å². The van der Waals surface area contributed by atoms with Gasteiger partial charge in [-0.15, -0.1) is 0 Å². The summed E-state index contributed by atoms with van der Waals surface area (Å²) in [4.78, 5) is 14.8. The highest BCUT2D eigenvalue weighted by atomic mass is 16.1. The summed E-state index contributed by atoms with van der Waals surface area (Å²) in [5, 5.41) is 3.19. The van der Waals surface area contributed by atoms with Crippen LogP contribution in [0.2, 0.25) is 0 Å². The van der Waals surface area contributed by atoms with E-state index in [4.69, 9.17) is 0 Å². The van der Waals surface area contributed by atoms with Gasteiger partial charge in [-0.1, -0.05) is 29.8 Å². The van der Waals surface area contributed by atoms with Gasteiger partial charge < -0.3 is 5.32 Å². The van der Waals surface area contributed by atoms with Gasteiger partial charge in [-0.3, -0.25) is 4.79 Å². The topological polar surface area (TPSA) is 42.0 Å². The van der Waals surface area contributed by atoms with Crippen LogP contribution < -0.4 is 5.32 Å². The monoisotopic (exact) mass is 226 g/mol. The van der Waals surface area contributed by atoms with Gasteiger partial charge in [0.1, 0.15) is 12.1 Å². The van der Waals surface area contributed by atoms with E-state index < -0.39 is 0 Å². The molecule has 1 heterocycles. The van der Waals surface area contributed by atoms with Crippen LogP contribution in [0.1, 0.15) is 21.5 Å². The minimum Gasteiger partial charge on any atom is -0.366 e. The lowest BCUT2D eigenvalue weighted by Gasteiger charge is -2.06. The van der Waals surface area contributed by atoms with Crippen molar-refractivity contribution in [1.29, 1.82) is 0 Å². The molecule has 1 N–H and O–H groups in total. The Balaban J connectivity index is 2.01. The SMILES string of the molecule is Cc1ccc(CNc2cc(C=O)ccn2)cc1. The van der Waals surface area contributed by atoms with Gasteiger partial charge in [0.05, 0.1) is 0 Å². The number of carbonyl (C=O) groups is 1. The summed E-state index contributed by atoms with van der Waals surface area (Å²) in [6.45, 7) is 2.77. The summed E-state index contributed by atoms with van der Waals surface area (Å²) in [5.41, 5.74) is 3.06. The number of anilines is 1. The number of carbonyl (C=O) groups excluding carboxylic acids is 1. The van der Waals surface area contributed by atoms with E-state index in [0.29, 0.717) is 12.1 Å². The molecule has 3 nitrogen and oxygen atoms in total. The van der Waals surface area contributed by atoms with E-state index in [1.165, 1.54) is 11.1 Å². The summed E-state index contributed by atoms with van der Waals surface area (Å²) < 4.78 is 0. The Morgan fingerprint density at radius 2 is 2.00 bits per heavy atom. The minimum atomic E-state index is 0.631. The Hall–Kier alpha value is -2.16. The van der Waals surface area contributed by atoms with E-state index in [1.54, 1.807) is 18.3 Å². The van der Waals surface area contributed by atoms with Crippen molar-refractivity contribution in [3.8, 4) is 0 Å². The molecule has 1 aromatic carbocycles. The maximum Gasteiger partial charge on any atom is 0.150 e. The summed E-state index contributed by atoms with van der Waals surface area (Å²) >= 11 is 0. The lowest BCUT2D eigenvalue weighted by atomic mass is 10.1. The molecule has 0 amide bonds. The van der Waals surface area contributed by atoms with Crippen molar-refractivity contribution in [2.45, 2.75) is 13.5 Å². The second kappa shape index (κ2) is 5.25. The van der Waals surface area contributed by atoms with Gasteiger partial charge in [-0.2, -0.15) is 0 Å². The van der Waals surface area contributed by atoms with Crippen molar-refractivity contribution in [2.24, 2.45) is 0 Å². The largest absolute Gasteiger partial charge is 0.366 e. The Bertz CT molecular complexity index is 506. The molecule has 0 aliphatic rings. The van der Waals surface area contributed by atoms with E-state index >= 15 is 0 Å². The predicted molar refractivity (Wildman–Crippen MR) is 68.1 cm³/mol. The average Bonchev–Trinajstić information content (AvgIpc) is 2.38. The number of aldehydes is 1. The number of rotatable bonds is 4. The molecule has 0 radical (unpaired) electrons. The molecule has 0 saturated heterocycles. The standard InChI is InChI=1S/C14H14N2O/c1-11-2-4-12(5-3-11)9-16-14-8-13(10-17)6-7-15-14/h2-8,10H,9H2,1H3,(H,15,16). The number of aromatic nitrogens is 1. The van der Waals surface area contributed by atoms with Gasteiger partial charge in [0.15, 0.2) is 0 Å². The zero-order valence-corrected chi connectivity index (χ0v) is 9.68. The number of hydrogen-bond donors (Lipinski definition) is 1. The zero-order chi connectivity index (χ0) is 12.1. The second-order valence-electron chi connectivity index (χ2n) is 3.93. The van der Waals surface area contributed by atoms with Gasteiger partial charge in [0.2, 0.25) is 0 Å². The highest BCUT2D eigenvalue weighted by Gasteiger charge is 1.96. The quantitative estimate of drug-likeness (QED) is 0.815. The first kappa shape index (κ1) is 11.3. The Labute approximate surface area is 101 Å². The number of nitrogens with zero attached hydrogens (tertiary/aromatic N) is 1. The van der Waals surface area contributed by atoms with Crippen molar-refractivity contribution in [3.63, 3.8) is 0 Å². The van der Waals surface area contributed by atoms with E-state index in [-0.39, 0.29) is 0 Å². The van der Waals surface area contributed by atoms with Crippen molar-refractivity contribution in [1.82, 2.24) is 4.98 Å². The van der Waals surface area contributed by atoms with Gasteiger partial charge in [-0.25, -0.2) is 4.98 Å². The first-order valence-electron chi connectivity index (χ1n) is 5.48. The van der Waals surface area contributed by atoms with E-state index in [2.05, 4.69) is 41.5 Å². The Morgan fingerprint density at radius 1 is 1.24 bits per heavy atom. The molecule has 0 unspecified atom stereocenters. The average molecular weight is 226 g/mol. The molecule has 0 saturated carbocycles. The van der Waals surface area contributed by atoms with Crippen LogP contribution in [0.3, 0.4) is 0 Å². The molecule has 0 aliphatic carbocycles. The molecule has 0 spiro atoms. The third-order valence-electron chi connectivity index (χ3n) is 2.51. The van der Waals surface area contributed by atoms with Crippen molar-refractivity contribution < 1.29 is 4.79 Å². The summed E-state index contributed by atoms with van der Waals surface area (Å²) in [6, 6.07) is 11.7. The maximum absolute atomic E-state index is 10.6. The lowest BCUT2D eigenvalue weighted by Crippen LogP contribution is -2.01. The van der Waals surface area contributed by atoms with E-state index in [1.807, 2.05) is 0 Å². The second-order valence-corrected chi connectivity index (χ2v) is 3.93. The van der Waals surface area contributed by atoms with Gasteiger partial charge in [-0.05, 0) is 24.6 Å². The molecule has 0 atom stereocenters. The van der Waals surface area contributed by atoms with Crippen molar-refractivity contribution in [2.75, 3.05) is 5.32 Å². The summed E-state index contributed by atoms with van der Waals surface area (Å²) in [6.07, 6.45) is 2.44. The van der Waals surface area contributed by atoms with Crippen LogP contribution in [0.4, 0.5) is 5.82 Å². The molecule has 0 bridgehead atoms. The highest BCUT2D eigenvalue weighted by molar-refractivity contribution is 5.75. The molecule has 0 aliphatic heterocycles.